The summed E-state index contributed by atoms with van der Waals surface area (Å²) in [6.07, 6.45) is 7.94. The average molecular weight is 360 g/mol. The Balaban J connectivity index is 1.71. The number of benzene rings is 1. The molecule has 0 saturated heterocycles. The van der Waals surface area contributed by atoms with Gasteiger partial charge in [0.15, 0.2) is 0 Å². The summed E-state index contributed by atoms with van der Waals surface area (Å²) < 4.78 is 3.58. The maximum absolute atomic E-state index is 11.9. The summed E-state index contributed by atoms with van der Waals surface area (Å²) >= 11 is 0. The van der Waals surface area contributed by atoms with Crippen molar-refractivity contribution in [3.63, 3.8) is 0 Å². The van der Waals surface area contributed by atoms with Crippen molar-refractivity contribution in [2.45, 2.75) is 13.3 Å². The van der Waals surface area contributed by atoms with E-state index in [9.17, 15) is 4.79 Å². The fraction of sp³-hybridized carbons (Fsp3) is 0.200. The van der Waals surface area contributed by atoms with E-state index in [2.05, 4.69) is 15.1 Å². The van der Waals surface area contributed by atoms with Crippen molar-refractivity contribution >= 4 is 16.9 Å². The Hall–Kier alpha value is -3.48. The molecule has 7 heteroatoms. The summed E-state index contributed by atoms with van der Waals surface area (Å²) in [7, 11) is 3.74. The molecule has 0 bridgehead atoms. The third-order valence-electron chi connectivity index (χ3n) is 4.83. The van der Waals surface area contributed by atoms with Crippen LogP contribution in [-0.4, -0.2) is 30.2 Å². The van der Waals surface area contributed by atoms with Gasteiger partial charge in [0.1, 0.15) is 0 Å². The minimum absolute atomic E-state index is 0.449. The van der Waals surface area contributed by atoms with Crippen LogP contribution < -0.4 is 5.73 Å². The van der Waals surface area contributed by atoms with Crippen molar-refractivity contribution in [2.24, 2.45) is 19.8 Å². The second kappa shape index (κ2) is 6.35. The third-order valence-corrected chi connectivity index (χ3v) is 4.83. The Morgan fingerprint density at radius 2 is 2.00 bits per heavy atom. The number of amides is 1. The third kappa shape index (κ3) is 2.97. The first-order valence-electron chi connectivity index (χ1n) is 8.61. The molecule has 2 N–H and O–H groups in total. The molecule has 7 nitrogen and oxygen atoms in total. The lowest BCUT2D eigenvalue weighted by Gasteiger charge is -2.11. The number of primary amides is 1. The molecule has 0 fully saturated rings. The first-order chi connectivity index (χ1) is 12.9. The molecule has 0 radical (unpaired) electrons. The van der Waals surface area contributed by atoms with Gasteiger partial charge in [0.25, 0.3) is 5.91 Å². The van der Waals surface area contributed by atoms with E-state index in [0.717, 1.165) is 39.0 Å². The average Bonchev–Trinajstić information content (AvgIpc) is 3.24. The SMILES string of the molecule is Cc1c(Cc2ccc(-c3cnn(C)c3)nc2)cc(C(N)=O)c2c1ncn2C. The van der Waals surface area contributed by atoms with E-state index >= 15 is 0 Å². The van der Waals surface area contributed by atoms with Crippen LogP contribution in [0.1, 0.15) is 27.0 Å². The number of aryl methyl sites for hydroxylation is 3. The molecule has 136 valence electrons. The van der Waals surface area contributed by atoms with Crippen molar-refractivity contribution in [3.8, 4) is 11.3 Å². The lowest BCUT2D eigenvalue weighted by molar-refractivity contribution is 0.100. The molecule has 0 spiro atoms. The van der Waals surface area contributed by atoms with Crippen LogP contribution in [0.3, 0.4) is 0 Å². The van der Waals surface area contributed by atoms with Crippen LogP contribution in [0, 0.1) is 6.92 Å². The Morgan fingerprint density at radius 1 is 1.19 bits per heavy atom. The van der Waals surface area contributed by atoms with E-state index in [1.807, 2.05) is 56.2 Å². The zero-order valence-corrected chi connectivity index (χ0v) is 15.5. The largest absolute Gasteiger partial charge is 0.366 e. The van der Waals surface area contributed by atoms with Gasteiger partial charge in [-0.15, -0.1) is 0 Å². The quantitative estimate of drug-likeness (QED) is 0.605. The maximum Gasteiger partial charge on any atom is 0.250 e. The molecule has 0 aliphatic heterocycles. The molecule has 4 rings (SSSR count). The predicted octanol–water partition coefficient (Wildman–Crippen LogP) is 2.37. The summed E-state index contributed by atoms with van der Waals surface area (Å²) in [5, 5.41) is 4.18. The Kier molecular flexibility index (Phi) is 3.99. The van der Waals surface area contributed by atoms with Crippen LogP contribution >= 0.6 is 0 Å². The summed E-state index contributed by atoms with van der Waals surface area (Å²) in [5.41, 5.74) is 12.7. The molecule has 0 unspecified atom stereocenters. The van der Waals surface area contributed by atoms with Crippen LogP contribution in [0.15, 0.2) is 43.1 Å². The van der Waals surface area contributed by atoms with E-state index in [1.165, 1.54) is 0 Å². The van der Waals surface area contributed by atoms with E-state index in [4.69, 9.17) is 5.73 Å². The molecular formula is C20H20N6O. The first kappa shape index (κ1) is 17.0. The minimum atomic E-state index is -0.449. The van der Waals surface area contributed by atoms with Gasteiger partial charge in [-0.3, -0.25) is 14.5 Å². The molecule has 1 aromatic carbocycles. The van der Waals surface area contributed by atoms with Crippen LogP contribution in [0.4, 0.5) is 0 Å². The van der Waals surface area contributed by atoms with Crippen molar-refractivity contribution in [1.29, 1.82) is 0 Å². The number of nitrogens with two attached hydrogens (primary N) is 1. The van der Waals surface area contributed by atoms with Crippen molar-refractivity contribution in [1.82, 2.24) is 24.3 Å². The summed E-state index contributed by atoms with van der Waals surface area (Å²) in [4.78, 5) is 20.9. The normalized spacial score (nSPS) is 11.2. The van der Waals surface area contributed by atoms with Crippen molar-refractivity contribution < 1.29 is 4.79 Å². The molecule has 3 aromatic heterocycles. The van der Waals surface area contributed by atoms with Crippen LogP contribution in [0.2, 0.25) is 0 Å². The fourth-order valence-corrected chi connectivity index (χ4v) is 3.37. The molecule has 4 aromatic rings. The molecule has 3 heterocycles. The number of carbonyl (C=O) groups is 1. The number of aromatic nitrogens is 5. The number of hydrogen-bond donors (Lipinski definition) is 1. The molecule has 1 amide bonds. The van der Waals surface area contributed by atoms with E-state index in [-0.39, 0.29) is 0 Å². The number of nitrogens with zero attached hydrogens (tertiary/aromatic N) is 5. The second-order valence-corrected chi connectivity index (χ2v) is 6.76. The highest BCUT2D eigenvalue weighted by atomic mass is 16.1. The smallest absolute Gasteiger partial charge is 0.250 e. The molecule has 0 aliphatic carbocycles. The van der Waals surface area contributed by atoms with Gasteiger partial charge in [-0.1, -0.05) is 6.07 Å². The van der Waals surface area contributed by atoms with Gasteiger partial charge in [-0.05, 0) is 42.2 Å². The summed E-state index contributed by atoms with van der Waals surface area (Å²) in [6, 6.07) is 5.90. The minimum Gasteiger partial charge on any atom is -0.366 e. The maximum atomic E-state index is 11.9. The number of rotatable bonds is 4. The highest BCUT2D eigenvalue weighted by Gasteiger charge is 2.17. The summed E-state index contributed by atoms with van der Waals surface area (Å²) in [5.74, 6) is -0.449. The number of pyridine rings is 1. The van der Waals surface area contributed by atoms with Gasteiger partial charge >= 0.3 is 0 Å². The Morgan fingerprint density at radius 3 is 2.63 bits per heavy atom. The van der Waals surface area contributed by atoms with Crippen LogP contribution in [0.25, 0.3) is 22.3 Å². The Labute approximate surface area is 156 Å². The number of imidazole rings is 1. The molecule has 0 saturated carbocycles. The molecular weight excluding hydrogens is 340 g/mol. The van der Waals surface area contributed by atoms with Gasteiger partial charge in [0.2, 0.25) is 0 Å². The van der Waals surface area contributed by atoms with Gasteiger partial charge in [-0.2, -0.15) is 5.10 Å². The molecule has 0 atom stereocenters. The standard InChI is InChI=1S/C20H20N6O/c1-12-14(7-16(20(21)27)19-18(12)23-11-25(19)2)6-13-4-5-17(22-8-13)15-9-24-26(3)10-15/h4-5,7-11H,6H2,1-3H3,(H2,21,27). The molecule has 0 aliphatic rings. The monoisotopic (exact) mass is 360 g/mol. The van der Waals surface area contributed by atoms with Crippen molar-refractivity contribution in [3.05, 3.63) is 65.4 Å². The van der Waals surface area contributed by atoms with E-state index < -0.39 is 5.91 Å². The van der Waals surface area contributed by atoms with Gasteiger partial charge in [0.05, 0.1) is 34.8 Å². The number of fused-ring (bicyclic) bond motifs is 1. The lowest BCUT2D eigenvalue weighted by Crippen LogP contribution is -2.14. The van der Waals surface area contributed by atoms with Crippen molar-refractivity contribution in [2.75, 3.05) is 0 Å². The molecule has 27 heavy (non-hydrogen) atoms. The van der Waals surface area contributed by atoms with Crippen LogP contribution in [-0.2, 0) is 20.5 Å². The van der Waals surface area contributed by atoms with Gasteiger partial charge < -0.3 is 10.3 Å². The Bertz CT molecular complexity index is 1150. The zero-order chi connectivity index (χ0) is 19.1. The van der Waals surface area contributed by atoms with Gasteiger partial charge in [-0.25, -0.2) is 4.98 Å². The topological polar surface area (TPSA) is 91.6 Å². The first-order valence-corrected chi connectivity index (χ1v) is 8.61. The van der Waals surface area contributed by atoms with E-state index in [1.54, 1.807) is 17.2 Å². The number of hydrogen-bond acceptors (Lipinski definition) is 4. The zero-order valence-electron chi connectivity index (χ0n) is 15.5. The lowest BCUT2D eigenvalue weighted by atomic mass is 9.96. The second-order valence-electron chi connectivity index (χ2n) is 6.76. The highest BCUT2D eigenvalue weighted by molar-refractivity contribution is 6.05. The fourth-order valence-electron chi connectivity index (χ4n) is 3.37. The predicted molar refractivity (Wildman–Crippen MR) is 103 cm³/mol. The summed E-state index contributed by atoms with van der Waals surface area (Å²) in [6.45, 7) is 2.02. The van der Waals surface area contributed by atoms with Gasteiger partial charge in [0, 0.05) is 32.1 Å². The van der Waals surface area contributed by atoms with E-state index in [0.29, 0.717) is 12.0 Å². The highest BCUT2D eigenvalue weighted by Crippen LogP contribution is 2.26. The number of carbonyl (C=O) groups excluding carboxylic acids is 1. The van der Waals surface area contributed by atoms with Crippen LogP contribution in [0.5, 0.6) is 0 Å².